The number of para-hydroxylation sites is 1. The molecule has 1 aliphatic carbocycles. The number of carbonyl (C=O) groups is 1. The van der Waals surface area contributed by atoms with Crippen LogP contribution in [0.25, 0.3) is 10.9 Å². The predicted octanol–water partition coefficient (Wildman–Crippen LogP) is 4.39. The van der Waals surface area contributed by atoms with E-state index in [4.69, 9.17) is 0 Å². The minimum atomic E-state index is -3.70. The van der Waals surface area contributed by atoms with Crippen LogP contribution in [-0.4, -0.2) is 25.7 Å². The second kappa shape index (κ2) is 6.73. The standard InChI is InChI=1S/C23H24N2O3S/c1-2-15-13-17-19(24-18-9-5-11-21(26)23(17)18)14-22(15)29(27,28)25-12-6-8-16-7-3-4-10-20(16)25/h3-4,7,10,13-14,24H,2,5-6,8-9,11-12H2,1H3. The molecular formula is C23H24N2O3S. The van der Waals surface area contributed by atoms with Gasteiger partial charge in [-0.25, -0.2) is 8.42 Å². The van der Waals surface area contributed by atoms with Crippen molar-refractivity contribution in [3.8, 4) is 0 Å². The molecule has 2 heterocycles. The van der Waals surface area contributed by atoms with Crippen LogP contribution in [0.1, 0.15) is 53.4 Å². The summed E-state index contributed by atoms with van der Waals surface area (Å²) in [6.07, 6.45) is 4.53. The van der Waals surface area contributed by atoms with Gasteiger partial charge in [0.25, 0.3) is 10.0 Å². The Morgan fingerprint density at radius 2 is 1.90 bits per heavy atom. The number of hydrogen-bond donors (Lipinski definition) is 1. The fourth-order valence-electron chi connectivity index (χ4n) is 4.76. The van der Waals surface area contributed by atoms with Gasteiger partial charge < -0.3 is 4.98 Å². The number of ketones is 1. The summed E-state index contributed by atoms with van der Waals surface area (Å²) in [6.45, 7) is 2.45. The lowest BCUT2D eigenvalue weighted by atomic mass is 9.94. The van der Waals surface area contributed by atoms with Crippen LogP contribution >= 0.6 is 0 Å². The van der Waals surface area contributed by atoms with Crippen molar-refractivity contribution >= 4 is 32.4 Å². The van der Waals surface area contributed by atoms with E-state index < -0.39 is 10.0 Å². The highest BCUT2D eigenvalue weighted by Gasteiger charge is 2.32. The SMILES string of the molecule is CCc1cc2c3c([nH]c2cc1S(=O)(=O)N1CCCc2ccccc21)CCCC3=O. The largest absolute Gasteiger partial charge is 0.358 e. The third-order valence-corrected chi connectivity index (χ3v) is 8.08. The molecule has 0 saturated carbocycles. The van der Waals surface area contributed by atoms with Crippen molar-refractivity contribution < 1.29 is 13.2 Å². The number of aromatic amines is 1. The molecule has 5 nitrogen and oxygen atoms in total. The maximum absolute atomic E-state index is 13.7. The number of benzene rings is 2. The zero-order chi connectivity index (χ0) is 20.2. The number of carbonyl (C=O) groups excluding carboxylic acids is 1. The van der Waals surface area contributed by atoms with Crippen LogP contribution in [0.5, 0.6) is 0 Å². The summed E-state index contributed by atoms with van der Waals surface area (Å²) in [5.41, 5.74) is 5.06. The topological polar surface area (TPSA) is 70.2 Å². The lowest BCUT2D eigenvalue weighted by molar-refractivity contribution is 0.0974. The second-order valence-corrected chi connectivity index (χ2v) is 9.75. The average molecular weight is 409 g/mol. The van der Waals surface area contributed by atoms with E-state index in [1.165, 1.54) is 0 Å². The molecule has 0 radical (unpaired) electrons. The molecule has 1 N–H and O–H groups in total. The molecule has 29 heavy (non-hydrogen) atoms. The van der Waals surface area contributed by atoms with Crippen molar-refractivity contribution in [3.63, 3.8) is 0 Å². The Balaban J connectivity index is 1.70. The lowest BCUT2D eigenvalue weighted by Crippen LogP contribution is -2.36. The molecule has 5 rings (SSSR count). The van der Waals surface area contributed by atoms with E-state index in [0.717, 1.165) is 64.7 Å². The number of sulfonamides is 1. The molecule has 0 amide bonds. The predicted molar refractivity (Wildman–Crippen MR) is 114 cm³/mol. The summed E-state index contributed by atoms with van der Waals surface area (Å²) < 4.78 is 29.0. The average Bonchev–Trinajstić information content (AvgIpc) is 3.11. The number of aryl methyl sites for hydroxylation is 3. The van der Waals surface area contributed by atoms with E-state index in [1.54, 1.807) is 10.4 Å². The quantitative estimate of drug-likeness (QED) is 0.699. The Hall–Kier alpha value is -2.60. The normalized spacial score (nSPS) is 16.7. The fourth-order valence-corrected chi connectivity index (χ4v) is 6.61. The number of aromatic nitrogens is 1. The molecule has 2 aliphatic rings. The monoisotopic (exact) mass is 408 g/mol. The van der Waals surface area contributed by atoms with Crippen molar-refractivity contribution in [2.45, 2.75) is 50.3 Å². The summed E-state index contributed by atoms with van der Waals surface area (Å²) in [4.78, 5) is 16.2. The Labute approximate surface area is 170 Å². The zero-order valence-electron chi connectivity index (χ0n) is 16.5. The van der Waals surface area contributed by atoms with Crippen LogP contribution in [0.3, 0.4) is 0 Å². The summed E-state index contributed by atoms with van der Waals surface area (Å²) in [7, 11) is -3.70. The maximum Gasteiger partial charge on any atom is 0.264 e. The van der Waals surface area contributed by atoms with Gasteiger partial charge in [0.05, 0.1) is 10.6 Å². The number of fused-ring (bicyclic) bond motifs is 4. The van der Waals surface area contributed by atoms with Gasteiger partial charge in [0.15, 0.2) is 5.78 Å². The van der Waals surface area contributed by atoms with Gasteiger partial charge >= 0.3 is 0 Å². The van der Waals surface area contributed by atoms with Gasteiger partial charge in [-0.15, -0.1) is 0 Å². The van der Waals surface area contributed by atoms with Crippen molar-refractivity contribution in [3.05, 3.63) is 58.8 Å². The van der Waals surface area contributed by atoms with Gasteiger partial charge in [-0.2, -0.15) is 0 Å². The second-order valence-electron chi connectivity index (χ2n) is 7.92. The molecule has 1 aromatic heterocycles. The van der Waals surface area contributed by atoms with Gasteiger partial charge in [-0.3, -0.25) is 9.10 Å². The summed E-state index contributed by atoms with van der Waals surface area (Å²) in [5, 5.41) is 0.861. The van der Waals surface area contributed by atoms with Gasteiger partial charge in [0, 0.05) is 35.1 Å². The summed E-state index contributed by atoms with van der Waals surface area (Å²) in [6, 6.07) is 11.4. The molecule has 0 atom stereocenters. The molecule has 6 heteroatoms. The fraction of sp³-hybridized carbons (Fsp3) is 0.348. The molecular weight excluding hydrogens is 384 g/mol. The molecule has 0 fully saturated rings. The molecule has 2 aromatic carbocycles. The molecule has 150 valence electrons. The van der Waals surface area contributed by atoms with E-state index >= 15 is 0 Å². The van der Waals surface area contributed by atoms with Crippen molar-refractivity contribution in [1.82, 2.24) is 4.98 Å². The number of H-pyrrole nitrogens is 1. The van der Waals surface area contributed by atoms with E-state index in [2.05, 4.69) is 4.98 Å². The molecule has 0 saturated heterocycles. The minimum absolute atomic E-state index is 0.153. The Bertz CT molecular complexity index is 1240. The number of nitrogens with zero attached hydrogens (tertiary/aromatic N) is 1. The van der Waals surface area contributed by atoms with Crippen LogP contribution in [-0.2, 0) is 29.3 Å². The van der Waals surface area contributed by atoms with Crippen LogP contribution in [0, 0.1) is 0 Å². The molecule has 0 bridgehead atoms. The number of hydrogen-bond acceptors (Lipinski definition) is 3. The molecule has 1 aliphatic heterocycles. The zero-order valence-corrected chi connectivity index (χ0v) is 17.3. The first-order chi connectivity index (χ1) is 14.0. The van der Waals surface area contributed by atoms with Crippen LogP contribution in [0.4, 0.5) is 5.69 Å². The Morgan fingerprint density at radius 1 is 1.07 bits per heavy atom. The lowest BCUT2D eigenvalue weighted by Gasteiger charge is -2.31. The minimum Gasteiger partial charge on any atom is -0.358 e. The highest BCUT2D eigenvalue weighted by atomic mass is 32.2. The summed E-state index contributed by atoms with van der Waals surface area (Å²) >= 11 is 0. The van der Waals surface area contributed by atoms with Crippen molar-refractivity contribution in [2.24, 2.45) is 0 Å². The first kappa shape index (κ1) is 18.4. The summed E-state index contributed by atoms with van der Waals surface area (Å²) in [5.74, 6) is 0.153. The Morgan fingerprint density at radius 3 is 2.72 bits per heavy atom. The van der Waals surface area contributed by atoms with E-state index in [0.29, 0.717) is 24.3 Å². The first-order valence-electron chi connectivity index (χ1n) is 10.3. The highest BCUT2D eigenvalue weighted by molar-refractivity contribution is 7.93. The third kappa shape index (κ3) is 2.81. The van der Waals surface area contributed by atoms with Gasteiger partial charge in [-0.05, 0) is 61.4 Å². The number of nitrogens with one attached hydrogen (secondary N) is 1. The molecule has 3 aromatic rings. The van der Waals surface area contributed by atoms with Crippen LogP contribution < -0.4 is 4.31 Å². The number of rotatable bonds is 3. The van der Waals surface area contributed by atoms with Gasteiger partial charge in [0.1, 0.15) is 0 Å². The van der Waals surface area contributed by atoms with Crippen LogP contribution in [0.15, 0.2) is 41.3 Å². The highest BCUT2D eigenvalue weighted by Crippen LogP contribution is 2.36. The van der Waals surface area contributed by atoms with E-state index in [1.807, 2.05) is 37.3 Å². The van der Waals surface area contributed by atoms with Crippen molar-refractivity contribution in [1.29, 1.82) is 0 Å². The van der Waals surface area contributed by atoms with Crippen LogP contribution in [0.2, 0.25) is 0 Å². The Kier molecular flexibility index (Phi) is 4.28. The van der Waals surface area contributed by atoms with E-state index in [-0.39, 0.29) is 5.78 Å². The first-order valence-corrected chi connectivity index (χ1v) is 11.8. The van der Waals surface area contributed by atoms with Crippen molar-refractivity contribution in [2.75, 3.05) is 10.8 Å². The molecule has 0 unspecified atom stereocenters. The third-order valence-electron chi connectivity index (χ3n) is 6.18. The number of anilines is 1. The maximum atomic E-state index is 13.7. The number of Topliss-reactive ketones (excluding diaryl/α,β-unsaturated/α-hetero) is 1. The van der Waals surface area contributed by atoms with Gasteiger partial charge in [-0.1, -0.05) is 25.1 Å². The van der Waals surface area contributed by atoms with Gasteiger partial charge in [0.2, 0.25) is 0 Å². The van der Waals surface area contributed by atoms with E-state index in [9.17, 15) is 13.2 Å². The smallest absolute Gasteiger partial charge is 0.264 e. The molecule has 0 spiro atoms.